The van der Waals surface area contributed by atoms with E-state index < -0.39 is 23.1 Å². The average Bonchev–Trinajstić information content (AvgIpc) is 3.04. The number of carbonyl (C=O) groups is 2. The van der Waals surface area contributed by atoms with E-state index in [1.54, 1.807) is 33.3 Å². The maximum Gasteiger partial charge on any atom is 0.252 e. The molecule has 0 radical (unpaired) electrons. The van der Waals surface area contributed by atoms with E-state index in [4.69, 9.17) is 4.74 Å². The Balaban J connectivity index is 1.66. The van der Waals surface area contributed by atoms with Crippen molar-refractivity contribution in [3.8, 4) is 5.75 Å². The molecule has 170 valence electrons. The highest BCUT2D eigenvalue weighted by Crippen LogP contribution is 2.37. The number of methoxy groups -OCH3 is 1. The van der Waals surface area contributed by atoms with Gasteiger partial charge in [-0.15, -0.1) is 0 Å². The second-order valence-corrected chi connectivity index (χ2v) is 8.80. The quantitative estimate of drug-likeness (QED) is 0.789. The molecule has 1 N–H and O–H groups in total. The van der Waals surface area contributed by atoms with Gasteiger partial charge in [-0.25, -0.2) is 8.78 Å². The summed E-state index contributed by atoms with van der Waals surface area (Å²) in [6.45, 7) is 0.857. The summed E-state index contributed by atoms with van der Waals surface area (Å²) in [4.78, 5) is 29.8. The van der Waals surface area contributed by atoms with E-state index in [1.807, 2.05) is 17.0 Å². The maximum atomic E-state index is 14.3. The van der Waals surface area contributed by atoms with E-state index in [2.05, 4.69) is 5.32 Å². The third-order valence-corrected chi connectivity index (χ3v) is 6.54. The number of aryl methyl sites for hydroxylation is 1. The van der Waals surface area contributed by atoms with E-state index in [9.17, 15) is 18.4 Å². The summed E-state index contributed by atoms with van der Waals surface area (Å²) in [7, 11) is 4.91. The van der Waals surface area contributed by atoms with Crippen LogP contribution < -0.4 is 10.1 Å². The Labute approximate surface area is 186 Å². The van der Waals surface area contributed by atoms with Gasteiger partial charge in [0, 0.05) is 44.9 Å². The normalized spacial score (nSPS) is 22.9. The smallest absolute Gasteiger partial charge is 0.252 e. The van der Waals surface area contributed by atoms with E-state index in [0.717, 1.165) is 11.6 Å². The fraction of sp³-hybridized carbons (Fsp3) is 0.417. The largest absolute Gasteiger partial charge is 0.497 e. The van der Waals surface area contributed by atoms with E-state index in [-0.39, 0.29) is 23.9 Å². The van der Waals surface area contributed by atoms with Crippen LogP contribution in [0.3, 0.4) is 0 Å². The maximum absolute atomic E-state index is 14.3. The number of fused-ring (bicyclic) bond motifs is 1. The molecule has 0 saturated carbocycles. The summed E-state index contributed by atoms with van der Waals surface area (Å²) in [5, 5.41) is 3.14. The minimum atomic E-state index is -0.899. The van der Waals surface area contributed by atoms with Crippen LogP contribution in [0.25, 0.3) is 0 Å². The average molecular weight is 443 g/mol. The van der Waals surface area contributed by atoms with Gasteiger partial charge < -0.3 is 15.0 Å². The van der Waals surface area contributed by atoms with Crippen molar-refractivity contribution in [3.63, 3.8) is 0 Å². The SMILES string of the molecule is COc1ccc2c(c1)C(=O)N[C@@]1(CC2)CN(Cc2cccc(F)c2F)C[C@@H]1C(=O)N(C)C. The van der Waals surface area contributed by atoms with Gasteiger partial charge in [-0.2, -0.15) is 0 Å². The number of hydrogen-bond donors (Lipinski definition) is 1. The molecule has 2 aliphatic rings. The van der Waals surface area contributed by atoms with Crippen LogP contribution in [-0.2, 0) is 17.8 Å². The number of nitrogens with zero attached hydrogens (tertiary/aromatic N) is 2. The number of ether oxygens (including phenoxy) is 1. The monoisotopic (exact) mass is 443 g/mol. The van der Waals surface area contributed by atoms with Crippen molar-refractivity contribution in [2.75, 3.05) is 34.3 Å². The van der Waals surface area contributed by atoms with E-state index >= 15 is 0 Å². The number of hydrogen-bond acceptors (Lipinski definition) is 4. The highest BCUT2D eigenvalue weighted by molar-refractivity contribution is 5.97. The fourth-order valence-electron chi connectivity index (χ4n) is 4.87. The predicted octanol–water partition coefficient (Wildman–Crippen LogP) is 2.61. The lowest BCUT2D eigenvalue weighted by molar-refractivity contribution is -0.134. The van der Waals surface area contributed by atoms with Crippen LogP contribution in [0.5, 0.6) is 5.75 Å². The first-order valence-corrected chi connectivity index (χ1v) is 10.6. The Bertz CT molecular complexity index is 1060. The summed E-state index contributed by atoms with van der Waals surface area (Å²) in [6, 6.07) is 9.51. The van der Waals surface area contributed by atoms with Gasteiger partial charge >= 0.3 is 0 Å². The zero-order valence-electron chi connectivity index (χ0n) is 18.5. The highest BCUT2D eigenvalue weighted by atomic mass is 19.2. The number of halogens is 2. The molecular weight excluding hydrogens is 416 g/mol. The van der Waals surface area contributed by atoms with Gasteiger partial charge in [-0.3, -0.25) is 14.5 Å². The van der Waals surface area contributed by atoms with E-state index in [0.29, 0.717) is 37.2 Å². The Kier molecular flexibility index (Phi) is 5.90. The van der Waals surface area contributed by atoms with Crippen LogP contribution in [0.15, 0.2) is 36.4 Å². The minimum Gasteiger partial charge on any atom is -0.497 e. The van der Waals surface area contributed by atoms with Crippen molar-refractivity contribution in [1.82, 2.24) is 15.1 Å². The molecule has 4 rings (SSSR count). The lowest BCUT2D eigenvalue weighted by atomic mass is 9.81. The molecule has 2 aromatic carbocycles. The molecule has 2 atom stereocenters. The van der Waals surface area contributed by atoms with Crippen LogP contribution >= 0.6 is 0 Å². The Hall–Kier alpha value is -3.00. The summed E-state index contributed by atoms with van der Waals surface area (Å²) in [5.74, 6) is -2.06. The fourth-order valence-corrected chi connectivity index (χ4v) is 4.87. The summed E-state index contributed by atoms with van der Waals surface area (Å²) >= 11 is 0. The van der Waals surface area contributed by atoms with Crippen LogP contribution in [0, 0.1) is 17.6 Å². The molecule has 1 spiro atoms. The third kappa shape index (κ3) is 3.95. The highest BCUT2D eigenvalue weighted by Gasteiger charge is 2.52. The van der Waals surface area contributed by atoms with Crippen molar-refractivity contribution >= 4 is 11.8 Å². The predicted molar refractivity (Wildman–Crippen MR) is 115 cm³/mol. The van der Waals surface area contributed by atoms with Crippen LogP contribution in [0.2, 0.25) is 0 Å². The molecule has 6 nitrogen and oxygen atoms in total. The molecule has 8 heteroatoms. The van der Waals surface area contributed by atoms with Crippen molar-refractivity contribution in [2.24, 2.45) is 5.92 Å². The molecule has 2 heterocycles. The minimum absolute atomic E-state index is 0.101. The Morgan fingerprint density at radius 3 is 2.78 bits per heavy atom. The van der Waals surface area contributed by atoms with Crippen LogP contribution in [0.4, 0.5) is 8.78 Å². The number of nitrogens with one attached hydrogen (secondary N) is 1. The van der Waals surface area contributed by atoms with Gasteiger partial charge in [0.15, 0.2) is 11.6 Å². The summed E-state index contributed by atoms with van der Waals surface area (Å²) in [5.41, 5.74) is 0.845. The van der Waals surface area contributed by atoms with Gasteiger partial charge in [-0.05, 0) is 36.6 Å². The van der Waals surface area contributed by atoms with Crippen LogP contribution in [0.1, 0.15) is 27.9 Å². The van der Waals surface area contributed by atoms with Gasteiger partial charge in [0.25, 0.3) is 5.91 Å². The lowest BCUT2D eigenvalue weighted by Crippen LogP contribution is -2.57. The lowest BCUT2D eigenvalue weighted by Gasteiger charge is -2.35. The molecule has 2 aliphatic heterocycles. The summed E-state index contributed by atoms with van der Waals surface area (Å²) < 4.78 is 33.3. The van der Waals surface area contributed by atoms with Gasteiger partial charge in [0.2, 0.25) is 5.91 Å². The van der Waals surface area contributed by atoms with E-state index in [1.165, 1.54) is 11.0 Å². The molecule has 2 aromatic rings. The number of benzene rings is 2. The molecule has 0 bridgehead atoms. The molecule has 0 aromatic heterocycles. The zero-order valence-corrected chi connectivity index (χ0v) is 18.5. The Morgan fingerprint density at radius 2 is 2.06 bits per heavy atom. The zero-order chi connectivity index (χ0) is 23.0. The van der Waals surface area contributed by atoms with Crippen LogP contribution in [-0.4, -0.2) is 61.4 Å². The molecule has 0 aliphatic carbocycles. The number of carbonyl (C=O) groups excluding carboxylic acids is 2. The molecule has 32 heavy (non-hydrogen) atoms. The number of amides is 2. The molecule has 1 saturated heterocycles. The third-order valence-electron chi connectivity index (χ3n) is 6.54. The van der Waals surface area contributed by atoms with Crippen molar-refractivity contribution in [1.29, 1.82) is 0 Å². The second-order valence-electron chi connectivity index (χ2n) is 8.80. The van der Waals surface area contributed by atoms with Crippen molar-refractivity contribution < 1.29 is 23.1 Å². The molecule has 1 fully saturated rings. The molecule has 2 amide bonds. The second kappa shape index (κ2) is 8.50. The Morgan fingerprint density at radius 1 is 1.28 bits per heavy atom. The molecule has 0 unspecified atom stereocenters. The topological polar surface area (TPSA) is 61.9 Å². The first kappa shape index (κ1) is 22.2. The van der Waals surface area contributed by atoms with Crippen molar-refractivity contribution in [3.05, 3.63) is 64.7 Å². The molecular formula is C24H27F2N3O3. The van der Waals surface area contributed by atoms with Gasteiger partial charge in [0.05, 0.1) is 18.6 Å². The first-order valence-electron chi connectivity index (χ1n) is 10.6. The number of rotatable bonds is 4. The van der Waals surface area contributed by atoms with Gasteiger partial charge in [0.1, 0.15) is 5.75 Å². The summed E-state index contributed by atoms with van der Waals surface area (Å²) in [6.07, 6.45) is 1.17. The number of likely N-dealkylation sites (tertiary alicyclic amines) is 1. The standard InChI is InChI=1S/C24H27F2N3O3/c1-28(2)23(31)19-13-29(12-16-5-4-6-20(25)21(16)26)14-24(19)10-9-15-7-8-17(32-3)11-18(15)22(30)27-24/h4-8,11,19H,9-10,12-14H2,1-3H3,(H,27,30)/t19-,24+/m1/s1. The first-order chi connectivity index (χ1) is 15.2. The van der Waals surface area contributed by atoms with Gasteiger partial charge in [-0.1, -0.05) is 18.2 Å². The van der Waals surface area contributed by atoms with Crippen molar-refractivity contribution in [2.45, 2.75) is 24.9 Å².